The van der Waals surface area contributed by atoms with Gasteiger partial charge in [0.1, 0.15) is 5.69 Å². The van der Waals surface area contributed by atoms with E-state index in [9.17, 15) is 13.2 Å². The Morgan fingerprint density at radius 2 is 1.80 bits per heavy atom. The summed E-state index contributed by atoms with van der Waals surface area (Å²) in [5.74, 6) is 0. The Labute approximate surface area is 115 Å². The molecule has 0 saturated heterocycles. The number of benzene rings is 1. The van der Waals surface area contributed by atoms with Crippen molar-refractivity contribution in [2.24, 2.45) is 5.73 Å². The highest BCUT2D eigenvalue weighted by molar-refractivity contribution is 5.85. The zero-order chi connectivity index (χ0) is 14.4. The van der Waals surface area contributed by atoms with Gasteiger partial charge in [0, 0.05) is 16.4 Å². The third kappa shape index (κ3) is 2.20. The summed E-state index contributed by atoms with van der Waals surface area (Å²) >= 11 is 0. The van der Waals surface area contributed by atoms with E-state index in [1.165, 1.54) is 6.07 Å². The number of hydrogen-bond acceptors (Lipinski definition) is 1. The van der Waals surface area contributed by atoms with Crippen molar-refractivity contribution >= 4 is 10.9 Å². The largest absolute Gasteiger partial charge is 0.431 e. The van der Waals surface area contributed by atoms with Crippen molar-refractivity contribution in [2.75, 3.05) is 0 Å². The topological polar surface area (TPSA) is 41.8 Å². The summed E-state index contributed by atoms with van der Waals surface area (Å²) in [4.78, 5) is 2.45. The van der Waals surface area contributed by atoms with Crippen LogP contribution in [0.4, 0.5) is 13.2 Å². The summed E-state index contributed by atoms with van der Waals surface area (Å²) in [6.07, 6.45) is 0.518. The average Bonchev–Trinajstić information content (AvgIpc) is 2.83. The third-order valence-electron chi connectivity index (χ3n) is 4.25. The molecule has 2 aromatic rings. The lowest BCUT2D eigenvalue weighted by Gasteiger charge is -2.34. The first-order valence-corrected chi connectivity index (χ1v) is 6.88. The van der Waals surface area contributed by atoms with E-state index in [1.54, 1.807) is 12.1 Å². The first-order chi connectivity index (χ1) is 9.40. The summed E-state index contributed by atoms with van der Waals surface area (Å²) in [6, 6.07) is 6.49. The van der Waals surface area contributed by atoms with Crippen LogP contribution in [0.5, 0.6) is 0 Å². The molecule has 1 fully saturated rings. The van der Waals surface area contributed by atoms with Gasteiger partial charge in [0.25, 0.3) is 0 Å². The second kappa shape index (κ2) is 4.52. The van der Waals surface area contributed by atoms with Gasteiger partial charge >= 0.3 is 6.18 Å². The number of H-pyrrole nitrogens is 1. The molecule has 0 atom stereocenters. The number of halogens is 3. The van der Waals surface area contributed by atoms with Gasteiger partial charge in [-0.2, -0.15) is 13.2 Å². The molecule has 0 spiro atoms. The third-order valence-corrected chi connectivity index (χ3v) is 4.25. The Morgan fingerprint density at radius 1 is 1.10 bits per heavy atom. The molecule has 0 unspecified atom stereocenters. The van der Waals surface area contributed by atoms with Crippen LogP contribution in [-0.4, -0.2) is 4.98 Å². The molecule has 5 heteroatoms. The molecule has 1 aliphatic rings. The number of aromatic nitrogens is 1. The van der Waals surface area contributed by atoms with E-state index in [0.717, 1.165) is 37.7 Å². The molecule has 0 amide bonds. The van der Waals surface area contributed by atoms with E-state index in [4.69, 9.17) is 5.73 Å². The van der Waals surface area contributed by atoms with Crippen LogP contribution in [0.25, 0.3) is 10.9 Å². The highest BCUT2D eigenvalue weighted by atomic mass is 19.4. The van der Waals surface area contributed by atoms with E-state index in [0.29, 0.717) is 10.9 Å². The van der Waals surface area contributed by atoms with E-state index < -0.39 is 17.4 Å². The first kappa shape index (κ1) is 13.5. The van der Waals surface area contributed by atoms with Crippen molar-refractivity contribution in [3.8, 4) is 0 Å². The van der Waals surface area contributed by atoms with Crippen LogP contribution in [0.1, 0.15) is 43.4 Å². The van der Waals surface area contributed by atoms with Gasteiger partial charge in [-0.25, -0.2) is 0 Å². The van der Waals surface area contributed by atoms with Gasteiger partial charge in [-0.05, 0) is 30.5 Å². The normalized spacial score (nSPS) is 19.4. The van der Waals surface area contributed by atoms with Gasteiger partial charge in [0.15, 0.2) is 0 Å². The zero-order valence-electron chi connectivity index (χ0n) is 11.1. The van der Waals surface area contributed by atoms with Crippen molar-refractivity contribution < 1.29 is 13.2 Å². The summed E-state index contributed by atoms with van der Waals surface area (Å²) in [6.45, 7) is 0. The van der Waals surface area contributed by atoms with Crippen LogP contribution < -0.4 is 5.73 Å². The van der Waals surface area contributed by atoms with Crippen LogP contribution in [0.15, 0.2) is 24.3 Å². The van der Waals surface area contributed by atoms with E-state index >= 15 is 0 Å². The zero-order valence-corrected chi connectivity index (χ0v) is 11.1. The molecule has 1 aliphatic carbocycles. The van der Waals surface area contributed by atoms with Gasteiger partial charge in [0.2, 0.25) is 0 Å². The highest BCUT2D eigenvalue weighted by Crippen LogP contribution is 2.40. The van der Waals surface area contributed by atoms with Gasteiger partial charge in [-0.1, -0.05) is 31.4 Å². The van der Waals surface area contributed by atoms with Crippen LogP contribution in [0, 0.1) is 0 Å². The van der Waals surface area contributed by atoms with Gasteiger partial charge in [-0.15, -0.1) is 0 Å². The summed E-state index contributed by atoms with van der Waals surface area (Å²) in [7, 11) is 0. The molecule has 1 aromatic carbocycles. The van der Waals surface area contributed by atoms with Crippen molar-refractivity contribution in [1.82, 2.24) is 4.98 Å². The van der Waals surface area contributed by atoms with E-state index in [1.807, 2.05) is 6.07 Å². The second-order valence-corrected chi connectivity index (χ2v) is 5.66. The number of rotatable bonds is 1. The molecule has 20 heavy (non-hydrogen) atoms. The number of fused-ring (bicyclic) bond motifs is 1. The molecule has 108 valence electrons. The summed E-state index contributed by atoms with van der Waals surface area (Å²) < 4.78 is 38.5. The molecule has 3 N–H and O–H groups in total. The molecule has 1 aromatic heterocycles. The maximum absolute atomic E-state index is 12.8. The molecule has 1 heterocycles. The fourth-order valence-electron chi connectivity index (χ4n) is 3.19. The quantitative estimate of drug-likeness (QED) is 0.804. The van der Waals surface area contributed by atoms with Gasteiger partial charge in [-0.3, -0.25) is 0 Å². The Bertz CT molecular complexity index is 622. The highest BCUT2D eigenvalue weighted by Gasteiger charge is 2.35. The van der Waals surface area contributed by atoms with Crippen LogP contribution in [-0.2, 0) is 11.7 Å². The van der Waals surface area contributed by atoms with E-state index in [2.05, 4.69) is 4.98 Å². The maximum Gasteiger partial charge on any atom is 0.431 e. The minimum atomic E-state index is -4.36. The van der Waals surface area contributed by atoms with Crippen molar-refractivity contribution in [3.63, 3.8) is 0 Å². The maximum atomic E-state index is 12.8. The second-order valence-electron chi connectivity index (χ2n) is 5.66. The van der Waals surface area contributed by atoms with Crippen molar-refractivity contribution in [2.45, 2.75) is 43.8 Å². The number of alkyl halides is 3. The number of nitrogens with one attached hydrogen (secondary N) is 1. The lowest BCUT2D eigenvalue weighted by atomic mass is 9.76. The Hall–Kier alpha value is -1.49. The van der Waals surface area contributed by atoms with Crippen molar-refractivity contribution in [3.05, 3.63) is 35.5 Å². The summed E-state index contributed by atoms with van der Waals surface area (Å²) in [5, 5.41) is 0.601. The Morgan fingerprint density at radius 3 is 2.45 bits per heavy atom. The molecular formula is C15H17F3N2. The predicted molar refractivity (Wildman–Crippen MR) is 72.3 cm³/mol. The molecule has 0 bridgehead atoms. The number of nitrogens with two attached hydrogens (primary N) is 1. The Balaban J connectivity index is 2.14. The SMILES string of the molecule is NC1(c2cccc3[nH]c(C(F)(F)F)cc23)CCCCC1. The molecule has 2 nitrogen and oxygen atoms in total. The monoisotopic (exact) mass is 282 g/mol. The molecule has 1 saturated carbocycles. The standard InChI is InChI=1S/C15H17F3N2/c16-15(17,18)13-9-10-11(5-4-6-12(10)20-13)14(19)7-2-1-3-8-14/h4-6,9,20H,1-3,7-8,19H2. The molecule has 0 radical (unpaired) electrons. The lowest BCUT2D eigenvalue weighted by Crippen LogP contribution is -2.38. The van der Waals surface area contributed by atoms with Crippen molar-refractivity contribution in [1.29, 1.82) is 0 Å². The molecular weight excluding hydrogens is 265 g/mol. The minimum absolute atomic E-state index is 0.497. The first-order valence-electron chi connectivity index (χ1n) is 6.88. The van der Waals surface area contributed by atoms with Gasteiger partial charge < -0.3 is 10.7 Å². The molecule has 0 aliphatic heterocycles. The molecule has 3 rings (SSSR count). The van der Waals surface area contributed by atoms with Crippen LogP contribution in [0.3, 0.4) is 0 Å². The average molecular weight is 282 g/mol. The van der Waals surface area contributed by atoms with Gasteiger partial charge in [0.05, 0.1) is 0 Å². The number of aromatic amines is 1. The minimum Gasteiger partial charge on any atom is -0.351 e. The fourth-order valence-corrected chi connectivity index (χ4v) is 3.19. The predicted octanol–water partition coefficient (Wildman–Crippen LogP) is 4.30. The lowest BCUT2D eigenvalue weighted by molar-refractivity contribution is -0.140. The van der Waals surface area contributed by atoms with Crippen LogP contribution in [0.2, 0.25) is 0 Å². The van der Waals surface area contributed by atoms with Crippen LogP contribution >= 0.6 is 0 Å². The number of hydrogen-bond donors (Lipinski definition) is 2. The fraction of sp³-hybridized carbons (Fsp3) is 0.467. The summed E-state index contributed by atoms with van der Waals surface area (Å²) in [5.41, 5.74) is 6.60. The Kier molecular flexibility index (Phi) is 3.05. The smallest absolute Gasteiger partial charge is 0.351 e. The van der Waals surface area contributed by atoms with E-state index in [-0.39, 0.29) is 0 Å².